The lowest BCUT2D eigenvalue weighted by molar-refractivity contribution is 0.105. The van der Waals surface area contributed by atoms with Crippen molar-refractivity contribution in [3.63, 3.8) is 0 Å². The lowest BCUT2D eigenvalue weighted by Crippen LogP contribution is -2.25. The van der Waals surface area contributed by atoms with Crippen LogP contribution in [0.5, 0.6) is 0 Å². The topological polar surface area (TPSA) is 20.2 Å². The van der Waals surface area contributed by atoms with Gasteiger partial charge in [0.1, 0.15) is 0 Å². The zero-order chi connectivity index (χ0) is 7.42. The van der Waals surface area contributed by atoms with Gasteiger partial charge in [-0.2, -0.15) is 0 Å². The Morgan fingerprint density at radius 1 is 1.09 bits per heavy atom. The summed E-state index contributed by atoms with van der Waals surface area (Å²) in [4.78, 5) is 0. The molecule has 0 saturated heterocycles. The summed E-state index contributed by atoms with van der Waals surface area (Å²) in [6.07, 6.45) is 8.37. The van der Waals surface area contributed by atoms with Crippen molar-refractivity contribution in [1.82, 2.24) is 0 Å². The number of fused-ring (bicyclic) bond motifs is 5. The van der Waals surface area contributed by atoms with Crippen molar-refractivity contribution in [3.05, 3.63) is 12.2 Å². The average Bonchev–Trinajstić information content (AvgIpc) is 2.60. The predicted octanol–water partition coefficient (Wildman–Crippen LogP) is 1.58. The molecule has 0 spiro atoms. The molecule has 3 aliphatic carbocycles. The van der Waals surface area contributed by atoms with Crippen LogP contribution in [-0.4, -0.2) is 11.2 Å². The fraction of sp³-hybridized carbons (Fsp3) is 0.800. The second-order valence-corrected chi connectivity index (χ2v) is 4.36. The number of rotatable bonds is 0. The molecule has 5 atom stereocenters. The Morgan fingerprint density at radius 2 is 1.91 bits per heavy atom. The van der Waals surface area contributed by atoms with Crippen LogP contribution in [0.3, 0.4) is 0 Å². The van der Waals surface area contributed by atoms with Gasteiger partial charge in [0.2, 0.25) is 0 Å². The molecule has 3 rings (SSSR count). The molecule has 0 aromatic rings. The third-order valence-corrected chi connectivity index (χ3v) is 3.97. The van der Waals surface area contributed by atoms with Crippen molar-refractivity contribution in [2.75, 3.05) is 0 Å². The molecule has 0 unspecified atom stereocenters. The highest BCUT2D eigenvalue weighted by Crippen LogP contribution is 2.56. The van der Waals surface area contributed by atoms with Gasteiger partial charge in [-0.3, -0.25) is 0 Å². The molecule has 0 radical (unpaired) electrons. The Balaban J connectivity index is 1.96. The van der Waals surface area contributed by atoms with E-state index in [9.17, 15) is 5.11 Å². The summed E-state index contributed by atoms with van der Waals surface area (Å²) in [5.74, 6) is 3.16. The van der Waals surface area contributed by atoms with Gasteiger partial charge in [-0.15, -0.1) is 0 Å². The highest BCUT2D eigenvalue weighted by Gasteiger charge is 2.50. The van der Waals surface area contributed by atoms with Gasteiger partial charge in [0.15, 0.2) is 0 Å². The van der Waals surface area contributed by atoms with Crippen LogP contribution in [0.4, 0.5) is 0 Å². The summed E-state index contributed by atoms with van der Waals surface area (Å²) >= 11 is 0. The van der Waals surface area contributed by atoms with Crippen molar-refractivity contribution in [1.29, 1.82) is 0 Å². The standard InChI is InChI=1S/C10H14O/c11-9-4-3-8-6-1-2-7(5-6)10(8)9/h3-4,6-11H,1-2,5H2/t6-,7-,8-,9+,10-/m0/s1. The van der Waals surface area contributed by atoms with Crippen LogP contribution in [0, 0.1) is 23.7 Å². The molecule has 0 aromatic carbocycles. The molecule has 3 aliphatic rings. The van der Waals surface area contributed by atoms with E-state index in [1.165, 1.54) is 19.3 Å². The van der Waals surface area contributed by atoms with E-state index in [1.807, 2.05) is 6.08 Å². The Hall–Kier alpha value is -0.300. The van der Waals surface area contributed by atoms with E-state index < -0.39 is 0 Å². The molecule has 2 bridgehead atoms. The minimum atomic E-state index is -0.102. The van der Waals surface area contributed by atoms with E-state index in [4.69, 9.17) is 0 Å². The van der Waals surface area contributed by atoms with Crippen LogP contribution in [0.2, 0.25) is 0 Å². The second-order valence-electron chi connectivity index (χ2n) is 4.36. The van der Waals surface area contributed by atoms with Crippen molar-refractivity contribution < 1.29 is 5.11 Å². The van der Waals surface area contributed by atoms with Crippen LogP contribution in [0.25, 0.3) is 0 Å². The molecular formula is C10H14O. The first-order valence-corrected chi connectivity index (χ1v) is 4.72. The van der Waals surface area contributed by atoms with Crippen molar-refractivity contribution in [3.8, 4) is 0 Å². The maximum atomic E-state index is 9.63. The number of aliphatic hydroxyl groups excluding tert-OH is 1. The second kappa shape index (κ2) is 1.89. The fourth-order valence-electron chi connectivity index (χ4n) is 3.54. The summed E-state index contributed by atoms with van der Waals surface area (Å²) in [5, 5.41) is 9.63. The van der Waals surface area contributed by atoms with Gasteiger partial charge in [0, 0.05) is 0 Å². The molecule has 0 aliphatic heterocycles. The minimum absolute atomic E-state index is 0.102. The Kier molecular flexibility index (Phi) is 1.07. The summed E-state index contributed by atoms with van der Waals surface area (Å²) in [6, 6.07) is 0. The van der Waals surface area contributed by atoms with Gasteiger partial charge in [-0.1, -0.05) is 12.2 Å². The Labute approximate surface area is 67.1 Å². The lowest BCUT2D eigenvalue weighted by Gasteiger charge is -2.26. The quantitative estimate of drug-likeness (QED) is 0.520. The molecule has 1 nitrogen and oxygen atoms in total. The maximum Gasteiger partial charge on any atom is 0.0757 e. The maximum absolute atomic E-state index is 9.63. The SMILES string of the molecule is O[C@@H]1C=C[C@H]2[C@H]3CC[C@@H](C3)[C@@H]21. The summed E-state index contributed by atoms with van der Waals surface area (Å²) in [6.45, 7) is 0. The third kappa shape index (κ3) is 0.652. The molecule has 11 heavy (non-hydrogen) atoms. The first-order chi connectivity index (χ1) is 5.36. The van der Waals surface area contributed by atoms with E-state index in [-0.39, 0.29) is 6.10 Å². The van der Waals surface area contributed by atoms with E-state index in [1.54, 1.807) is 0 Å². The van der Waals surface area contributed by atoms with Crippen LogP contribution < -0.4 is 0 Å². The molecule has 1 N–H and O–H groups in total. The number of allylic oxidation sites excluding steroid dienone is 1. The third-order valence-electron chi connectivity index (χ3n) is 3.97. The van der Waals surface area contributed by atoms with Crippen molar-refractivity contribution in [2.24, 2.45) is 23.7 Å². The molecule has 60 valence electrons. The number of hydrogen-bond acceptors (Lipinski definition) is 1. The highest BCUT2D eigenvalue weighted by molar-refractivity contribution is 5.16. The van der Waals surface area contributed by atoms with Crippen LogP contribution in [0.1, 0.15) is 19.3 Å². The highest BCUT2D eigenvalue weighted by atomic mass is 16.3. The number of aliphatic hydroxyl groups is 1. The first kappa shape index (κ1) is 6.24. The Morgan fingerprint density at radius 3 is 2.73 bits per heavy atom. The van der Waals surface area contributed by atoms with Gasteiger partial charge in [-0.25, -0.2) is 0 Å². The Bertz CT molecular complexity index is 209. The van der Waals surface area contributed by atoms with E-state index in [0.29, 0.717) is 5.92 Å². The van der Waals surface area contributed by atoms with Gasteiger partial charge in [0.05, 0.1) is 6.10 Å². The lowest BCUT2D eigenvalue weighted by atomic mass is 9.80. The fourth-order valence-corrected chi connectivity index (χ4v) is 3.54. The first-order valence-electron chi connectivity index (χ1n) is 4.72. The monoisotopic (exact) mass is 150 g/mol. The molecule has 2 saturated carbocycles. The van der Waals surface area contributed by atoms with Crippen molar-refractivity contribution >= 4 is 0 Å². The van der Waals surface area contributed by atoms with Crippen molar-refractivity contribution in [2.45, 2.75) is 25.4 Å². The summed E-state index contributed by atoms with van der Waals surface area (Å²) < 4.78 is 0. The number of hydrogen-bond donors (Lipinski definition) is 1. The van der Waals surface area contributed by atoms with Gasteiger partial charge in [0.25, 0.3) is 0 Å². The molecule has 1 heteroatoms. The van der Waals surface area contributed by atoms with Crippen LogP contribution >= 0.6 is 0 Å². The molecule has 0 aromatic heterocycles. The van der Waals surface area contributed by atoms with Gasteiger partial charge < -0.3 is 5.11 Å². The summed E-state index contributed by atoms with van der Waals surface area (Å²) in [7, 11) is 0. The van der Waals surface area contributed by atoms with Crippen LogP contribution in [-0.2, 0) is 0 Å². The minimum Gasteiger partial charge on any atom is -0.389 e. The molecule has 2 fully saturated rings. The van der Waals surface area contributed by atoms with Gasteiger partial charge in [-0.05, 0) is 42.9 Å². The largest absolute Gasteiger partial charge is 0.389 e. The van der Waals surface area contributed by atoms with E-state index in [2.05, 4.69) is 6.08 Å². The van der Waals surface area contributed by atoms with E-state index in [0.717, 1.165) is 17.8 Å². The smallest absolute Gasteiger partial charge is 0.0757 e. The van der Waals surface area contributed by atoms with Gasteiger partial charge >= 0.3 is 0 Å². The zero-order valence-electron chi connectivity index (χ0n) is 6.61. The molecule has 0 amide bonds. The predicted molar refractivity (Wildman–Crippen MR) is 43.0 cm³/mol. The molecular weight excluding hydrogens is 136 g/mol. The van der Waals surface area contributed by atoms with Crippen LogP contribution in [0.15, 0.2) is 12.2 Å². The summed E-state index contributed by atoms with van der Waals surface area (Å²) in [5.41, 5.74) is 0. The average molecular weight is 150 g/mol. The van der Waals surface area contributed by atoms with E-state index >= 15 is 0 Å². The molecule has 0 heterocycles. The normalized spacial score (nSPS) is 58.8. The zero-order valence-corrected chi connectivity index (χ0v) is 6.61.